The van der Waals surface area contributed by atoms with Crippen molar-refractivity contribution in [3.63, 3.8) is 0 Å². The van der Waals surface area contributed by atoms with Gasteiger partial charge in [0.25, 0.3) is 5.91 Å². The summed E-state index contributed by atoms with van der Waals surface area (Å²) in [7, 11) is 5.70. The highest BCUT2D eigenvalue weighted by atomic mass is 16.5. The Morgan fingerprint density at radius 1 is 1.08 bits per heavy atom. The number of carbonyl (C=O) groups excluding carboxylic acids is 2. The van der Waals surface area contributed by atoms with E-state index in [0.29, 0.717) is 18.5 Å². The molecule has 0 bridgehead atoms. The fraction of sp³-hybridized carbons (Fsp3) is 0.300. The van der Waals surface area contributed by atoms with Crippen molar-refractivity contribution < 1.29 is 14.3 Å². The van der Waals surface area contributed by atoms with Gasteiger partial charge in [0.15, 0.2) is 6.10 Å². The van der Waals surface area contributed by atoms with Crippen molar-refractivity contribution >= 4 is 17.6 Å². The molecule has 0 radical (unpaired) electrons. The Labute approximate surface area is 147 Å². The van der Waals surface area contributed by atoms with Crippen molar-refractivity contribution in [2.45, 2.75) is 19.1 Å². The molecule has 2 aromatic rings. The lowest BCUT2D eigenvalue weighted by atomic mass is 9.98. The summed E-state index contributed by atoms with van der Waals surface area (Å²) in [4.78, 5) is 28.4. The number of hydrogen-bond acceptors (Lipinski definition) is 4. The first-order valence-corrected chi connectivity index (χ1v) is 8.26. The number of fused-ring (bicyclic) bond motifs is 1. The second-order valence-electron chi connectivity index (χ2n) is 6.51. The number of ether oxygens (including phenoxy) is 1. The Kier molecular flexibility index (Phi) is 4.74. The van der Waals surface area contributed by atoms with Gasteiger partial charge in [0.1, 0.15) is 0 Å². The lowest BCUT2D eigenvalue weighted by Gasteiger charge is -2.27. The van der Waals surface area contributed by atoms with Gasteiger partial charge in [-0.2, -0.15) is 0 Å². The van der Waals surface area contributed by atoms with Crippen LogP contribution < -0.4 is 4.90 Å². The molecule has 2 aromatic carbocycles. The standard InChI is InChI=1S/C20H22N2O3/c1-21(2)16-10-8-14(9-11-16)13-22(3)19(23)18-12-15-6-4-5-7-17(15)20(24)25-18/h4-11,18H,12-13H2,1-3H3. The smallest absolute Gasteiger partial charge is 0.339 e. The molecule has 25 heavy (non-hydrogen) atoms. The minimum Gasteiger partial charge on any atom is -0.448 e. The van der Waals surface area contributed by atoms with Gasteiger partial charge in [-0.3, -0.25) is 4.79 Å². The highest BCUT2D eigenvalue weighted by Crippen LogP contribution is 2.22. The average Bonchev–Trinajstić information content (AvgIpc) is 2.61. The quantitative estimate of drug-likeness (QED) is 0.804. The maximum Gasteiger partial charge on any atom is 0.339 e. The van der Waals surface area contributed by atoms with Crippen molar-refractivity contribution in [3.05, 3.63) is 65.2 Å². The normalized spacial score (nSPS) is 16.0. The van der Waals surface area contributed by atoms with Crippen LogP contribution in [0.3, 0.4) is 0 Å². The Balaban J connectivity index is 1.68. The van der Waals surface area contributed by atoms with E-state index in [1.165, 1.54) is 0 Å². The highest BCUT2D eigenvalue weighted by Gasteiger charge is 2.32. The van der Waals surface area contributed by atoms with E-state index in [2.05, 4.69) is 0 Å². The minimum atomic E-state index is -0.756. The molecular weight excluding hydrogens is 316 g/mol. The minimum absolute atomic E-state index is 0.181. The first-order chi connectivity index (χ1) is 12.0. The van der Waals surface area contributed by atoms with E-state index in [0.717, 1.165) is 16.8 Å². The third kappa shape index (κ3) is 3.65. The van der Waals surface area contributed by atoms with Crippen LogP contribution in [0.4, 0.5) is 5.69 Å². The molecule has 3 rings (SSSR count). The van der Waals surface area contributed by atoms with Gasteiger partial charge in [0.05, 0.1) is 5.56 Å². The highest BCUT2D eigenvalue weighted by molar-refractivity contribution is 5.95. The Bertz CT molecular complexity index is 784. The topological polar surface area (TPSA) is 49.9 Å². The summed E-state index contributed by atoms with van der Waals surface area (Å²) in [5, 5.41) is 0. The number of hydrogen-bond donors (Lipinski definition) is 0. The Hall–Kier alpha value is -2.82. The lowest BCUT2D eigenvalue weighted by molar-refractivity contribution is -0.140. The molecule has 0 fully saturated rings. The van der Waals surface area contributed by atoms with Gasteiger partial charge in [-0.25, -0.2) is 4.79 Å². The largest absolute Gasteiger partial charge is 0.448 e. The SMILES string of the molecule is CN(Cc1ccc(N(C)C)cc1)C(=O)C1Cc2ccccc2C(=O)O1. The molecule has 1 heterocycles. The van der Waals surface area contributed by atoms with Crippen LogP contribution >= 0.6 is 0 Å². The molecule has 5 heteroatoms. The molecule has 1 amide bonds. The zero-order chi connectivity index (χ0) is 18.0. The predicted molar refractivity (Wildman–Crippen MR) is 96.6 cm³/mol. The first kappa shape index (κ1) is 17.0. The summed E-state index contributed by atoms with van der Waals surface area (Å²) in [6.45, 7) is 0.474. The predicted octanol–water partition coefficient (Wildman–Crippen LogP) is 2.49. The van der Waals surface area contributed by atoms with E-state index in [1.807, 2.05) is 55.4 Å². The number of likely N-dealkylation sites (N-methyl/N-ethyl adjacent to an activating group) is 1. The fourth-order valence-corrected chi connectivity index (χ4v) is 2.97. The Morgan fingerprint density at radius 2 is 1.76 bits per heavy atom. The van der Waals surface area contributed by atoms with Crippen LogP contribution in [0.2, 0.25) is 0 Å². The van der Waals surface area contributed by atoms with Crippen LogP contribution in [0.15, 0.2) is 48.5 Å². The van der Waals surface area contributed by atoms with Gasteiger partial charge < -0.3 is 14.5 Å². The van der Waals surface area contributed by atoms with E-state index in [4.69, 9.17) is 4.74 Å². The zero-order valence-electron chi connectivity index (χ0n) is 14.7. The van der Waals surface area contributed by atoms with Crippen LogP contribution in [0.5, 0.6) is 0 Å². The molecule has 1 aliphatic rings. The number of amides is 1. The molecule has 0 aliphatic carbocycles. The summed E-state index contributed by atoms with van der Waals surface area (Å²) in [5.74, 6) is -0.608. The lowest BCUT2D eigenvalue weighted by Crippen LogP contribution is -2.42. The van der Waals surface area contributed by atoms with Crippen molar-refractivity contribution in [2.75, 3.05) is 26.0 Å². The molecule has 1 aliphatic heterocycles. The molecule has 0 saturated heterocycles. The molecule has 0 N–H and O–H groups in total. The second-order valence-corrected chi connectivity index (χ2v) is 6.51. The number of benzene rings is 2. The van der Waals surface area contributed by atoms with Crippen molar-refractivity contribution in [1.29, 1.82) is 0 Å². The maximum absolute atomic E-state index is 12.7. The van der Waals surface area contributed by atoms with Crippen LogP contribution in [0.1, 0.15) is 21.5 Å². The van der Waals surface area contributed by atoms with E-state index in [-0.39, 0.29) is 5.91 Å². The van der Waals surface area contributed by atoms with E-state index in [9.17, 15) is 9.59 Å². The second kappa shape index (κ2) is 6.97. The summed E-state index contributed by atoms with van der Waals surface area (Å²) in [5.41, 5.74) is 3.55. The summed E-state index contributed by atoms with van der Waals surface area (Å²) < 4.78 is 5.35. The van der Waals surface area contributed by atoms with Crippen molar-refractivity contribution in [2.24, 2.45) is 0 Å². The third-order valence-corrected chi connectivity index (χ3v) is 4.42. The molecule has 130 valence electrons. The molecule has 5 nitrogen and oxygen atoms in total. The molecule has 1 atom stereocenters. The van der Waals surface area contributed by atoms with Crippen molar-refractivity contribution in [1.82, 2.24) is 4.90 Å². The Morgan fingerprint density at radius 3 is 2.44 bits per heavy atom. The summed E-state index contributed by atoms with van der Waals surface area (Å²) in [6.07, 6.45) is -0.335. The molecular formula is C20H22N2O3. The molecule has 1 unspecified atom stereocenters. The van der Waals surface area contributed by atoms with Crippen LogP contribution in [0, 0.1) is 0 Å². The van der Waals surface area contributed by atoms with Gasteiger partial charge >= 0.3 is 5.97 Å². The fourth-order valence-electron chi connectivity index (χ4n) is 2.97. The van der Waals surface area contributed by atoms with Gasteiger partial charge in [-0.15, -0.1) is 0 Å². The average molecular weight is 338 g/mol. The van der Waals surface area contributed by atoms with Gasteiger partial charge in [0.2, 0.25) is 0 Å². The van der Waals surface area contributed by atoms with Gasteiger partial charge in [-0.1, -0.05) is 30.3 Å². The number of anilines is 1. The summed E-state index contributed by atoms with van der Waals surface area (Å²) >= 11 is 0. The molecule has 0 aromatic heterocycles. The van der Waals surface area contributed by atoms with Crippen LogP contribution in [0.25, 0.3) is 0 Å². The molecule has 0 saturated carbocycles. The van der Waals surface area contributed by atoms with E-state index in [1.54, 1.807) is 24.1 Å². The summed E-state index contributed by atoms with van der Waals surface area (Å²) in [6, 6.07) is 15.3. The number of cyclic esters (lactones) is 1. The van der Waals surface area contributed by atoms with Crippen LogP contribution in [-0.4, -0.2) is 44.0 Å². The monoisotopic (exact) mass is 338 g/mol. The zero-order valence-corrected chi connectivity index (χ0v) is 14.7. The van der Waals surface area contributed by atoms with E-state index >= 15 is 0 Å². The van der Waals surface area contributed by atoms with Crippen LogP contribution in [-0.2, 0) is 22.5 Å². The number of carbonyl (C=O) groups is 2. The molecule has 0 spiro atoms. The van der Waals surface area contributed by atoms with Gasteiger partial charge in [-0.05, 0) is 29.3 Å². The van der Waals surface area contributed by atoms with Gasteiger partial charge in [0, 0.05) is 39.8 Å². The first-order valence-electron chi connectivity index (χ1n) is 8.26. The van der Waals surface area contributed by atoms with E-state index < -0.39 is 12.1 Å². The number of rotatable bonds is 4. The number of nitrogens with zero attached hydrogens (tertiary/aromatic N) is 2. The van der Waals surface area contributed by atoms with Crippen molar-refractivity contribution in [3.8, 4) is 0 Å². The third-order valence-electron chi connectivity index (χ3n) is 4.42. The number of esters is 1. The maximum atomic E-state index is 12.7.